The van der Waals surface area contributed by atoms with Crippen molar-refractivity contribution >= 4 is 34.9 Å². The SMILES string of the molecule is CCOc1ccccc1NC(=O)C1=C(C)NC(=O)NC1c1ccc(Cl)c([N+](=O)[O-])c1. The van der Waals surface area contributed by atoms with Crippen LogP contribution >= 0.6 is 11.6 Å². The monoisotopic (exact) mass is 430 g/mol. The van der Waals surface area contributed by atoms with Gasteiger partial charge in [0.15, 0.2) is 0 Å². The van der Waals surface area contributed by atoms with Crippen LogP contribution in [0.5, 0.6) is 5.75 Å². The Bertz CT molecular complexity index is 1050. The maximum atomic E-state index is 13.1. The molecule has 1 aliphatic rings. The number of nitro groups is 1. The maximum absolute atomic E-state index is 13.1. The number of nitrogens with zero attached hydrogens (tertiary/aromatic N) is 1. The van der Waals surface area contributed by atoms with Crippen molar-refractivity contribution in [1.82, 2.24) is 10.6 Å². The standard InChI is InChI=1S/C20H19ClN4O5/c1-3-30-16-7-5-4-6-14(16)23-19(26)17-11(2)22-20(27)24-18(17)12-8-9-13(21)15(10-12)25(28)29/h4-10,18H,3H2,1-2H3,(H,23,26)(H2,22,24,27). The molecular formula is C20H19ClN4O5. The summed E-state index contributed by atoms with van der Waals surface area (Å²) in [5.74, 6) is 0.00726. The van der Waals surface area contributed by atoms with Gasteiger partial charge in [0, 0.05) is 11.8 Å². The van der Waals surface area contributed by atoms with Gasteiger partial charge in [-0.2, -0.15) is 0 Å². The molecule has 156 valence electrons. The molecule has 0 bridgehead atoms. The van der Waals surface area contributed by atoms with Gasteiger partial charge >= 0.3 is 6.03 Å². The predicted octanol–water partition coefficient (Wildman–Crippen LogP) is 3.91. The Labute approximate surface area is 177 Å². The van der Waals surface area contributed by atoms with E-state index in [0.717, 1.165) is 0 Å². The van der Waals surface area contributed by atoms with E-state index in [0.29, 0.717) is 29.3 Å². The van der Waals surface area contributed by atoms with Crippen LogP contribution in [0, 0.1) is 10.1 Å². The quantitative estimate of drug-likeness (QED) is 0.473. The largest absolute Gasteiger partial charge is 0.492 e. The molecule has 0 saturated carbocycles. The number of hydrogen-bond acceptors (Lipinski definition) is 5. The number of hydrogen-bond donors (Lipinski definition) is 3. The van der Waals surface area contributed by atoms with Crippen LogP contribution in [0.4, 0.5) is 16.2 Å². The van der Waals surface area contributed by atoms with Crippen molar-refractivity contribution in [3.05, 3.63) is 74.4 Å². The van der Waals surface area contributed by atoms with E-state index in [1.807, 2.05) is 6.92 Å². The van der Waals surface area contributed by atoms with Crippen LogP contribution in [0.15, 0.2) is 53.7 Å². The summed E-state index contributed by atoms with van der Waals surface area (Å²) in [4.78, 5) is 35.8. The minimum absolute atomic E-state index is 0.0404. The summed E-state index contributed by atoms with van der Waals surface area (Å²) < 4.78 is 5.53. The zero-order chi connectivity index (χ0) is 21.8. The normalized spacial score (nSPS) is 15.8. The van der Waals surface area contributed by atoms with Gasteiger partial charge in [0.1, 0.15) is 10.8 Å². The second-order valence-corrected chi connectivity index (χ2v) is 6.83. The Balaban J connectivity index is 2.00. The highest BCUT2D eigenvalue weighted by Crippen LogP contribution is 2.33. The molecule has 3 N–H and O–H groups in total. The minimum atomic E-state index is -0.908. The van der Waals surface area contributed by atoms with Gasteiger partial charge in [-0.15, -0.1) is 0 Å². The number of benzene rings is 2. The molecule has 10 heteroatoms. The van der Waals surface area contributed by atoms with E-state index < -0.39 is 22.9 Å². The van der Waals surface area contributed by atoms with Crippen molar-refractivity contribution in [1.29, 1.82) is 0 Å². The maximum Gasteiger partial charge on any atom is 0.319 e. The van der Waals surface area contributed by atoms with Crippen LogP contribution in [0.2, 0.25) is 5.02 Å². The van der Waals surface area contributed by atoms with Crippen molar-refractivity contribution in [3.63, 3.8) is 0 Å². The number of halogens is 1. The summed E-state index contributed by atoms with van der Waals surface area (Å²) in [6, 6.07) is 9.64. The lowest BCUT2D eigenvalue weighted by molar-refractivity contribution is -0.384. The summed E-state index contributed by atoms with van der Waals surface area (Å²) in [5.41, 5.74) is 1.03. The van der Waals surface area contributed by atoms with Gasteiger partial charge in [0.25, 0.3) is 11.6 Å². The highest BCUT2D eigenvalue weighted by molar-refractivity contribution is 6.32. The molecule has 3 rings (SSSR count). The third-order valence-corrected chi connectivity index (χ3v) is 4.77. The molecule has 0 saturated heterocycles. The Morgan fingerprint density at radius 1 is 1.30 bits per heavy atom. The average molecular weight is 431 g/mol. The number of anilines is 1. The van der Waals surface area contributed by atoms with Crippen LogP contribution in [0.25, 0.3) is 0 Å². The van der Waals surface area contributed by atoms with Gasteiger partial charge in [0.05, 0.1) is 28.8 Å². The van der Waals surface area contributed by atoms with Crippen LogP contribution in [-0.4, -0.2) is 23.5 Å². The Morgan fingerprint density at radius 2 is 2.03 bits per heavy atom. The molecule has 1 aliphatic heterocycles. The van der Waals surface area contributed by atoms with Crippen LogP contribution in [0.1, 0.15) is 25.5 Å². The van der Waals surface area contributed by atoms with Gasteiger partial charge in [-0.25, -0.2) is 4.79 Å². The molecule has 1 heterocycles. The van der Waals surface area contributed by atoms with Gasteiger partial charge < -0.3 is 20.7 Å². The van der Waals surface area contributed by atoms with Crippen molar-refractivity contribution in [2.24, 2.45) is 0 Å². The van der Waals surface area contributed by atoms with Crippen molar-refractivity contribution < 1.29 is 19.2 Å². The molecule has 0 aliphatic carbocycles. The van der Waals surface area contributed by atoms with Gasteiger partial charge in [-0.05, 0) is 37.6 Å². The number of urea groups is 1. The zero-order valence-electron chi connectivity index (χ0n) is 16.2. The van der Waals surface area contributed by atoms with Crippen molar-refractivity contribution in [2.45, 2.75) is 19.9 Å². The summed E-state index contributed by atoms with van der Waals surface area (Å²) in [6.07, 6.45) is 0. The fourth-order valence-corrected chi connectivity index (χ4v) is 3.32. The lowest BCUT2D eigenvalue weighted by atomic mass is 9.94. The van der Waals surface area contributed by atoms with E-state index >= 15 is 0 Å². The number of rotatable bonds is 6. The molecule has 3 amide bonds. The summed E-state index contributed by atoms with van der Waals surface area (Å²) in [5, 5.41) is 19.2. The second kappa shape index (κ2) is 8.83. The van der Waals surface area contributed by atoms with Gasteiger partial charge in [0.2, 0.25) is 0 Å². The van der Waals surface area contributed by atoms with Crippen molar-refractivity contribution in [3.8, 4) is 5.75 Å². The Kier molecular flexibility index (Phi) is 6.22. The molecule has 0 aromatic heterocycles. The molecular weight excluding hydrogens is 412 g/mol. The first-order valence-corrected chi connectivity index (χ1v) is 9.45. The number of amides is 3. The lowest BCUT2D eigenvalue weighted by Crippen LogP contribution is -2.46. The number of carbonyl (C=O) groups excluding carboxylic acids is 2. The van der Waals surface area contributed by atoms with E-state index in [-0.39, 0.29) is 16.3 Å². The van der Waals surface area contributed by atoms with Crippen LogP contribution in [0.3, 0.4) is 0 Å². The molecule has 2 aromatic carbocycles. The zero-order valence-corrected chi connectivity index (χ0v) is 16.9. The van der Waals surface area contributed by atoms with Gasteiger partial charge in [-0.3, -0.25) is 14.9 Å². The molecule has 30 heavy (non-hydrogen) atoms. The topological polar surface area (TPSA) is 123 Å². The van der Waals surface area contributed by atoms with Gasteiger partial charge in [-0.1, -0.05) is 29.8 Å². The van der Waals surface area contributed by atoms with E-state index in [1.54, 1.807) is 31.2 Å². The summed E-state index contributed by atoms with van der Waals surface area (Å²) in [7, 11) is 0. The number of nitrogens with one attached hydrogen (secondary N) is 3. The molecule has 0 radical (unpaired) electrons. The third-order valence-electron chi connectivity index (χ3n) is 4.45. The van der Waals surface area contributed by atoms with Crippen LogP contribution < -0.4 is 20.7 Å². The minimum Gasteiger partial charge on any atom is -0.492 e. The van der Waals surface area contributed by atoms with Crippen molar-refractivity contribution in [2.75, 3.05) is 11.9 Å². The summed E-state index contributed by atoms with van der Waals surface area (Å²) in [6.45, 7) is 3.83. The summed E-state index contributed by atoms with van der Waals surface area (Å²) >= 11 is 5.89. The number of para-hydroxylation sites is 2. The molecule has 0 fully saturated rings. The number of ether oxygens (including phenoxy) is 1. The molecule has 2 aromatic rings. The molecule has 1 unspecified atom stereocenters. The van der Waals surface area contributed by atoms with E-state index in [9.17, 15) is 19.7 Å². The van der Waals surface area contributed by atoms with Crippen LogP contribution in [-0.2, 0) is 4.79 Å². The lowest BCUT2D eigenvalue weighted by Gasteiger charge is -2.28. The first-order valence-electron chi connectivity index (χ1n) is 9.07. The first kappa shape index (κ1) is 21.1. The highest BCUT2D eigenvalue weighted by atomic mass is 35.5. The average Bonchev–Trinajstić information content (AvgIpc) is 2.69. The Hall–Kier alpha value is -3.59. The van der Waals surface area contributed by atoms with E-state index in [2.05, 4.69) is 16.0 Å². The predicted molar refractivity (Wildman–Crippen MR) is 111 cm³/mol. The third kappa shape index (κ3) is 4.36. The smallest absolute Gasteiger partial charge is 0.319 e. The second-order valence-electron chi connectivity index (χ2n) is 6.42. The first-order chi connectivity index (χ1) is 14.3. The van der Waals surface area contributed by atoms with E-state index in [4.69, 9.17) is 16.3 Å². The molecule has 9 nitrogen and oxygen atoms in total. The number of nitro benzene ring substituents is 1. The number of allylic oxidation sites excluding steroid dienone is 1. The van der Waals surface area contributed by atoms with E-state index in [1.165, 1.54) is 18.2 Å². The Morgan fingerprint density at radius 3 is 2.73 bits per heavy atom. The molecule has 0 spiro atoms. The number of carbonyl (C=O) groups is 2. The highest BCUT2D eigenvalue weighted by Gasteiger charge is 2.32. The fraction of sp³-hybridized carbons (Fsp3) is 0.200. The fourth-order valence-electron chi connectivity index (χ4n) is 3.13. The molecule has 1 atom stereocenters.